The standard InChI is InChI=1S/C15H24ClN3O2/c1-4-20-9-8-18-15(17-3)19-11-12(2)21-14-7-5-6-13(16)10-14/h5-7,10,12H,4,8-9,11H2,1-3H3,(H2,17,18,19). The number of aliphatic imine (C=N–C) groups is 1. The largest absolute Gasteiger partial charge is 0.489 e. The van der Waals surface area contributed by atoms with Gasteiger partial charge in [-0.3, -0.25) is 4.99 Å². The van der Waals surface area contributed by atoms with Crippen molar-refractivity contribution in [3.8, 4) is 5.75 Å². The fraction of sp³-hybridized carbons (Fsp3) is 0.533. The Balaban J connectivity index is 2.29. The lowest BCUT2D eigenvalue weighted by Crippen LogP contribution is -2.42. The first-order valence-electron chi connectivity index (χ1n) is 7.10. The number of halogens is 1. The monoisotopic (exact) mass is 313 g/mol. The third-order valence-corrected chi connectivity index (χ3v) is 2.89. The van der Waals surface area contributed by atoms with Gasteiger partial charge in [0.25, 0.3) is 0 Å². The van der Waals surface area contributed by atoms with Crippen LogP contribution >= 0.6 is 11.6 Å². The molecule has 21 heavy (non-hydrogen) atoms. The first-order valence-corrected chi connectivity index (χ1v) is 7.48. The molecule has 118 valence electrons. The van der Waals surface area contributed by atoms with Gasteiger partial charge < -0.3 is 20.1 Å². The third-order valence-electron chi connectivity index (χ3n) is 2.66. The van der Waals surface area contributed by atoms with Gasteiger partial charge in [0.05, 0.1) is 13.2 Å². The maximum Gasteiger partial charge on any atom is 0.191 e. The highest BCUT2D eigenvalue weighted by Gasteiger charge is 2.06. The van der Waals surface area contributed by atoms with Crippen LogP contribution in [0, 0.1) is 0 Å². The van der Waals surface area contributed by atoms with Crippen LogP contribution in [0.1, 0.15) is 13.8 Å². The summed E-state index contributed by atoms with van der Waals surface area (Å²) in [6.07, 6.45) is -0.00564. The van der Waals surface area contributed by atoms with Crippen LogP contribution in [0.3, 0.4) is 0 Å². The highest BCUT2D eigenvalue weighted by atomic mass is 35.5. The van der Waals surface area contributed by atoms with Crippen LogP contribution in [0.5, 0.6) is 5.75 Å². The van der Waals surface area contributed by atoms with Crippen molar-refractivity contribution in [1.29, 1.82) is 0 Å². The Morgan fingerprint density at radius 3 is 2.86 bits per heavy atom. The second-order valence-electron chi connectivity index (χ2n) is 4.46. The lowest BCUT2D eigenvalue weighted by atomic mass is 10.3. The van der Waals surface area contributed by atoms with E-state index in [0.717, 1.165) is 24.9 Å². The molecule has 0 aliphatic heterocycles. The van der Waals surface area contributed by atoms with E-state index < -0.39 is 0 Å². The van der Waals surface area contributed by atoms with Crippen LogP contribution in [-0.2, 0) is 4.74 Å². The molecular weight excluding hydrogens is 290 g/mol. The van der Waals surface area contributed by atoms with E-state index in [1.165, 1.54) is 0 Å². The van der Waals surface area contributed by atoms with E-state index >= 15 is 0 Å². The second-order valence-corrected chi connectivity index (χ2v) is 4.90. The SMILES string of the molecule is CCOCCNC(=NC)NCC(C)Oc1cccc(Cl)c1. The number of hydrogen-bond acceptors (Lipinski definition) is 3. The Labute approximate surface area is 131 Å². The Hall–Kier alpha value is -1.46. The summed E-state index contributed by atoms with van der Waals surface area (Å²) < 4.78 is 11.0. The highest BCUT2D eigenvalue weighted by molar-refractivity contribution is 6.30. The molecule has 2 N–H and O–H groups in total. The van der Waals surface area contributed by atoms with E-state index in [1.807, 2.05) is 32.0 Å². The van der Waals surface area contributed by atoms with Gasteiger partial charge in [0, 0.05) is 25.2 Å². The fourth-order valence-electron chi connectivity index (χ4n) is 1.66. The number of ether oxygens (including phenoxy) is 2. The van der Waals surface area contributed by atoms with E-state index in [9.17, 15) is 0 Å². The molecule has 1 unspecified atom stereocenters. The minimum atomic E-state index is -0.00564. The minimum Gasteiger partial charge on any atom is -0.489 e. The number of guanidine groups is 1. The van der Waals surface area contributed by atoms with Gasteiger partial charge in [0.15, 0.2) is 5.96 Å². The summed E-state index contributed by atoms with van der Waals surface area (Å²) in [4.78, 5) is 4.14. The molecule has 0 spiro atoms. The van der Waals surface area contributed by atoms with E-state index in [1.54, 1.807) is 13.1 Å². The summed E-state index contributed by atoms with van der Waals surface area (Å²) in [5, 5.41) is 7.04. The second kappa shape index (κ2) is 10.3. The summed E-state index contributed by atoms with van der Waals surface area (Å²) in [5.74, 6) is 1.49. The molecule has 0 radical (unpaired) electrons. The molecular formula is C15H24ClN3O2. The molecule has 0 saturated carbocycles. The van der Waals surface area contributed by atoms with Gasteiger partial charge in [-0.05, 0) is 32.0 Å². The van der Waals surface area contributed by atoms with Crippen molar-refractivity contribution >= 4 is 17.6 Å². The number of hydrogen-bond donors (Lipinski definition) is 2. The summed E-state index contributed by atoms with van der Waals surface area (Å²) in [6, 6.07) is 7.37. The number of benzene rings is 1. The average molecular weight is 314 g/mol. The molecule has 5 nitrogen and oxygen atoms in total. The number of nitrogens with one attached hydrogen (secondary N) is 2. The maximum atomic E-state index is 5.92. The summed E-state index contributed by atoms with van der Waals surface area (Å²) >= 11 is 5.92. The van der Waals surface area contributed by atoms with E-state index in [-0.39, 0.29) is 6.10 Å². The summed E-state index contributed by atoms with van der Waals surface area (Å²) in [6.45, 7) is 6.70. The molecule has 0 bridgehead atoms. The predicted octanol–water partition coefficient (Wildman–Crippen LogP) is 2.31. The number of rotatable bonds is 8. The van der Waals surface area contributed by atoms with Crippen LogP contribution in [0.25, 0.3) is 0 Å². The molecule has 0 aliphatic rings. The molecule has 1 atom stereocenters. The quantitative estimate of drug-likeness (QED) is 0.439. The Morgan fingerprint density at radius 1 is 1.38 bits per heavy atom. The van der Waals surface area contributed by atoms with Crippen molar-refractivity contribution in [3.05, 3.63) is 29.3 Å². The highest BCUT2D eigenvalue weighted by Crippen LogP contribution is 2.18. The van der Waals surface area contributed by atoms with Crippen LogP contribution < -0.4 is 15.4 Å². The maximum absolute atomic E-state index is 5.92. The molecule has 1 aromatic carbocycles. The minimum absolute atomic E-state index is 0.00564. The van der Waals surface area contributed by atoms with Crippen molar-refractivity contribution < 1.29 is 9.47 Å². The molecule has 0 fully saturated rings. The van der Waals surface area contributed by atoms with Gasteiger partial charge >= 0.3 is 0 Å². The zero-order valence-corrected chi connectivity index (χ0v) is 13.6. The third kappa shape index (κ3) is 7.78. The number of nitrogens with zero attached hydrogens (tertiary/aromatic N) is 1. The molecule has 0 saturated heterocycles. The van der Waals surface area contributed by atoms with Crippen LogP contribution in [0.4, 0.5) is 0 Å². The Kier molecular flexibility index (Phi) is 8.62. The van der Waals surface area contributed by atoms with Crippen LogP contribution in [0.2, 0.25) is 5.02 Å². The first kappa shape index (κ1) is 17.6. The molecule has 0 amide bonds. The topological polar surface area (TPSA) is 54.9 Å². The normalized spacial score (nSPS) is 12.9. The fourth-order valence-corrected chi connectivity index (χ4v) is 1.84. The lowest BCUT2D eigenvalue weighted by molar-refractivity contribution is 0.152. The molecule has 0 heterocycles. The van der Waals surface area contributed by atoms with Crippen LogP contribution in [-0.4, -0.2) is 45.4 Å². The molecule has 1 rings (SSSR count). The lowest BCUT2D eigenvalue weighted by Gasteiger charge is -2.17. The van der Waals surface area contributed by atoms with Crippen molar-refractivity contribution in [3.63, 3.8) is 0 Å². The van der Waals surface area contributed by atoms with Crippen molar-refractivity contribution in [1.82, 2.24) is 10.6 Å². The van der Waals surface area contributed by atoms with Gasteiger partial charge in [-0.2, -0.15) is 0 Å². The summed E-state index contributed by atoms with van der Waals surface area (Å²) in [7, 11) is 1.73. The van der Waals surface area contributed by atoms with Crippen molar-refractivity contribution in [2.24, 2.45) is 4.99 Å². The smallest absolute Gasteiger partial charge is 0.191 e. The van der Waals surface area contributed by atoms with Gasteiger partial charge in [0.1, 0.15) is 11.9 Å². The zero-order valence-electron chi connectivity index (χ0n) is 12.9. The van der Waals surface area contributed by atoms with Gasteiger partial charge in [-0.15, -0.1) is 0 Å². The summed E-state index contributed by atoms with van der Waals surface area (Å²) in [5.41, 5.74) is 0. The molecule has 6 heteroatoms. The molecule has 1 aromatic rings. The predicted molar refractivity (Wildman–Crippen MR) is 87.4 cm³/mol. The van der Waals surface area contributed by atoms with E-state index in [2.05, 4.69) is 15.6 Å². The average Bonchev–Trinajstić information content (AvgIpc) is 2.46. The zero-order chi connectivity index (χ0) is 15.5. The van der Waals surface area contributed by atoms with Gasteiger partial charge in [0.2, 0.25) is 0 Å². The van der Waals surface area contributed by atoms with Crippen molar-refractivity contribution in [2.75, 3.05) is 33.4 Å². The first-order chi connectivity index (χ1) is 10.2. The Morgan fingerprint density at radius 2 is 2.19 bits per heavy atom. The van der Waals surface area contributed by atoms with Crippen molar-refractivity contribution in [2.45, 2.75) is 20.0 Å². The van der Waals surface area contributed by atoms with Gasteiger partial charge in [-0.1, -0.05) is 17.7 Å². The Bertz CT molecular complexity index is 441. The molecule has 0 aliphatic carbocycles. The van der Waals surface area contributed by atoms with Crippen LogP contribution in [0.15, 0.2) is 29.3 Å². The van der Waals surface area contributed by atoms with E-state index in [4.69, 9.17) is 21.1 Å². The van der Waals surface area contributed by atoms with E-state index in [0.29, 0.717) is 18.2 Å². The van der Waals surface area contributed by atoms with Gasteiger partial charge in [-0.25, -0.2) is 0 Å². The molecule has 0 aromatic heterocycles.